The predicted molar refractivity (Wildman–Crippen MR) is 86.7 cm³/mol. The maximum absolute atomic E-state index is 8.12. The Morgan fingerprint density at radius 3 is 1.82 bits per heavy atom. The van der Waals surface area contributed by atoms with Crippen molar-refractivity contribution in [3.63, 3.8) is 0 Å². The van der Waals surface area contributed by atoms with Gasteiger partial charge < -0.3 is 19.6 Å². The van der Waals surface area contributed by atoms with Crippen molar-refractivity contribution >= 4 is 6.15 Å². The Morgan fingerprint density at radius 1 is 0.727 bits per heavy atom. The second-order valence-electron chi connectivity index (χ2n) is 6.21. The number of rotatable bonds is 1. The second-order valence-corrected chi connectivity index (χ2v) is 6.21. The molecule has 0 aliphatic carbocycles. The van der Waals surface area contributed by atoms with Gasteiger partial charge in [-0.15, -0.1) is 0 Å². The molecule has 0 amide bonds. The third-order valence-corrected chi connectivity index (χ3v) is 4.67. The Bertz CT molecular complexity index is 319. The number of hydrogen-bond acceptors (Lipinski definition) is 6. The zero-order valence-electron chi connectivity index (χ0n) is 14.3. The van der Waals surface area contributed by atoms with E-state index in [2.05, 4.69) is 33.6 Å². The molecule has 2 unspecified atom stereocenters. The molecule has 0 spiro atoms. The summed E-state index contributed by atoms with van der Waals surface area (Å²) in [7, 11) is 2.27. The Hall–Kier alpha value is -0.780. The van der Waals surface area contributed by atoms with Gasteiger partial charge in [-0.1, -0.05) is 6.92 Å². The van der Waals surface area contributed by atoms with Crippen LogP contribution in [0, 0.1) is 0 Å². The molecule has 128 valence electrons. The van der Waals surface area contributed by atoms with Gasteiger partial charge in [-0.05, 0) is 52.6 Å². The van der Waals surface area contributed by atoms with Gasteiger partial charge in [-0.25, -0.2) is 0 Å². The van der Waals surface area contributed by atoms with E-state index in [-0.39, 0.29) is 6.15 Å². The summed E-state index contributed by atoms with van der Waals surface area (Å²) in [5.74, 6) is 0. The highest BCUT2D eigenvalue weighted by Crippen LogP contribution is 2.05. The SMILES string of the molecule is CCN1CCCN2CCN(C)CCCN(CC1)CC2.O=C=O. The summed E-state index contributed by atoms with van der Waals surface area (Å²) in [5.41, 5.74) is 0. The van der Waals surface area contributed by atoms with E-state index >= 15 is 0 Å². The number of nitrogens with zero attached hydrogens (tertiary/aromatic N) is 4. The molecule has 2 fully saturated rings. The van der Waals surface area contributed by atoms with Crippen LogP contribution in [0.3, 0.4) is 0 Å². The van der Waals surface area contributed by atoms with Crippen molar-refractivity contribution in [2.75, 3.05) is 79.0 Å². The lowest BCUT2D eigenvalue weighted by atomic mass is 10.2. The van der Waals surface area contributed by atoms with E-state index < -0.39 is 0 Å². The summed E-state index contributed by atoms with van der Waals surface area (Å²) >= 11 is 0. The van der Waals surface area contributed by atoms with E-state index in [1.807, 2.05) is 0 Å². The van der Waals surface area contributed by atoms with Crippen LogP contribution in [0.15, 0.2) is 0 Å². The van der Waals surface area contributed by atoms with Crippen molar-refractivity contribution in [2.24, 2.45) is 0 Å². The standard InChI is InChI=1S/C15H32N4.CO2/c1-3-17-7-5-9-18-11-10-16(2)6-4-8-19(13-12-17)15-14-18;2-1-3/h3-15H2,1-2H3;. The van der Waals surface area contributed by atoms with Gasteiger partial charge in [0.15, 0.2) is 0 Å². The van der Waals surface area contributed by atoms with Gasteiger partial charge in [0.05, 0.1) is 0 Å². The van der Waals surface area contributed by atoms with Crippen LogP contribution in [-0.2, 0) is 9.59 Å². The number of fused-ring (bicyclic) bond motifs is 3. The molecule has 0 radical (unpaired) electrons. The molecule has 0 saturated carbocycles. The average Bonchev–Trinajstić information content (AvgIpc) is 2.52. The summed E-state index contributed by atoms with van der Waals surface area (Å²) in [6, 6.07) is 0. The van der Waals surface area contributed by atoms with Crippen LogP contribution in [0.2, 0.25) is 0 Å². The van der Waals surface area contributed by atoms with Crippen molar-refractivity contribution < 1.29 is 9.59 Å². The molecule has 6 nitrogen and oxygen atoms in total. The van der Waals surface area contributed by atoms with E-state index in [0.29, 0.717) is 0 Å². The molecule has 2 rings (SSSR count). The molecule has 0 aromatic carbocycles. The first-order chi connectivity index (χ1) is 10.7. The molecule has 22 heavy (non-hydrogen) atoms. The molecule has 0 aromatic heterocycles. The fourth-order valence-corrected chi connectivity index (χ4v) is 3.17. The first-order valence-electron chi connectivity index (χ1n) is 8.54. The normalized spacial score (nSPS) is 29.0. The van der Waals surface area contributed by atoms with Gasteiger partial charge in [0.2, 0.25) is 0 Å². The Kier molecular flexibility index (Phi) is 10.3. The van der Waals surface area contributed by atoms with Crippen LogP contribution in [0.5, 0.6) is 0 Å². The van der Waals surface area contributed by atoms with Crippen LogP contribution in [0.25, 0.3) is 0 Å². The lowest BCUT2D eigenvalue weighted by molar-refractivity contribution is -0.191. The van der Waals surface area contributed by atoms with Crippen LogP contribution < -0.4 is 0 Å². The number of carbonyl (C=O) groups excluding carboxylic acids is 2. The molecule has 6 heteroatoms. The summed E-state index contributed by atoms with van der Waals surface area (Å²) < 4.78 is 0. The zero-order chi connectivity index (χ0) is 16.2. The van der Waals surface area contributed by atoms with Crippen LogP contribution in [-0.4, -0.2) is 105 Å². The molecule has 2 bridgehead atoms. The van der Waals surface area contributed by atoms with Gasteiger partial charge in [-0.3, -0.25) is 0 Å². The predicted octanol–water partition coefficient (Wildman–Crippen LogP) is 0.0680. The molecule has 2 aliphatic rings. The minimum atomic E-state index is 0.250. The average molecular weight is 312 g/mol. The summed E-state index contributed by atoms with van der Waals surface area (Å²) in [6.07, 6.45) is 2.90. The van der Waals surface area contributed by atoms with Crippen LogP contribution in [0.1, 0.15) is 19.8 Å². The van der Waals surface area contributed by atoms with Crippen molar-refractivity contribution in [2.45, 2.75) is 19.8 Å². The quantitative estimate of drug-likeness (QED) is 0.683. The van der Waals surface area contributed by atoms with Crippen LogP contribution in [0.4, 0.5) is 0 Å². The summed E-state index contributed by atoms with van der Waals surface area (Å²) in [5, 5.41) is 0. The first-order valence-corrected chi connectivity index (χ1v) is 8.54. The molecule has 0 N–H and O–H groups in total. The second kappa shape index (κ2) is 11.7. The first kappa shape index (κ1) is 19.3. The highest BCUT2D eigenvalue weighted by atomic mass is 16.2. The molecule has 0 aromatic rings. The molecule has 2 atom stereocenters. The van der Waals surface area contributed by atoms with E-state index in [4.69, 9.17) is 9.59 Å². The van der Waals surface area contributed by atoms with Crippen molar-refractivity contribution in [3.8, 4) is 0 Å². The highest BCUT2D eigenvalue weighted by molar-refractivity contribution is 5.20. The van der Waals surface area contributed by atoms with Crippen molar-refractivity contribution in [1.29, 1.82) is 0 Å². The summed E-state index contributed by atoms with van der Waals surface area (Å²) in [4.78, 5) is 26.7. The maximum Gasteiger partial charge on any atom is 0.373 e. The number of hydrogen-bond donors (Lipinski definition) is 0. The van der Waals surface area contributed by atoms with E-state index in [9.17, 15) is 0 Å². The van der Waals surface area contributed by atoms with Gasteiger partial charge in [0.25, 0.3) is 0 Å². The third-order valence-electron chi connectivity index (χ3n) is 4.67. The van der Waals surface area contributed by atoms with E-state index in [1.165, 1.54) is 84.8 Å². The number of likely N-dealkylation sites (N-methyl/N-ethyl adjacent to an activating group) is 2. The largest absolute Gasteiger partial charge is 0.373 e. The Labute approximate surface area is 135 Å². The fourth-order valence-electron chi connectivity index (χ4n) is 3.17. The van der Waals surface area contributed by atoms with Gasteiger partial charge in [0.1, 0.15) is 0 Å². The topological polar surface area (TPSA) is 47.1 Å². The molecular formula is C16H32N4O2. The monoisotopic (exact) mass is 312 g/mol. The lowest BCUT2D eigenvalue weighted by Crippen LogP contribution is -2.46. The Balaban J connectivity index is 0.000000745. The van der Waals surface area contributed by atoms with Gasteiger partial charge in [-0.2, -0.15) is 9.59 Å². The molecule has 2 heterocycles. The maximum atomic E-state index is 8.12. The lowest BCUT2D eigenvalue weighted by Gasteiger charge is -2.34. The van der Waals surface area contributed by atoms with Crippen molar-refractivity contribution in [1.82, 2.24) is 19.6 Å². The van der Waals surface area contributed by atoms with Gasteiger partial charge >= 0.3 is 6.15 Å². The Morgan fingerprint density at radius 2 is 1.23 bits per heavy atom. The van der Waals surface area contributed by atoms with Gasteiger partial charge in [0, 0.05) is 39.3 Å². The molecule has 2 saturated heterocycles. The zero-order valence-corrected chi connectivity index (χ0v) is 14.3. The molecular weight excluding hydrogens is 280 g/mol. The minimum absolute atomic E-state index is 0.250. The van der Waals surface area contributed by atoms with Crippen molar-refractivity contribution in [3.05, 3.63) is 0 Å². The third kappa shape index (κ3) is 8.01. The van der Waals surface area contributed by atoms with E-state index in [0.717, 1.165) is 0 Å². The smallest absolute Gasteiger partial charge is 0.305 e. The van der Waals surface area contributed by atoms with E-state index in [1.54, 1.807) is 0 Å². The van der Waals surface area contributed by atoms with Crippen LogP contribution >= 0.6 is 0 Å². The highest BCUT2D eigenvalue weighted by Gasteiger charge is 2.16. The minimum Gasteiger partial charge on any atom is -0.305 e. The molecule has 2 aliphatic heterocycles. The fraction of sp³-hybridized carbons (Fsp3) is 0.938. The summed E-state index contributed by atoms with van der Waals surface area (Å²) in [6.45, 7) is 16.1.